The van der Waals surface area contributed by atoms with E-state index >= 15 is 0 Å². The molecular formula is C17H18BrClFN. The number of hydrogen-bond acceptors (Lipinski definition) is 1. The smallest absolute Gasteiger partial charge is 0.123 e. The molecule has 21 heavy (non-hydrogen) atoms. The maximum atomic E-state index is 13.7. The Morgan fingerprint density at radius 2 is 2.05 bits per heavy atom. The van der Waals surface area contributed by atoms with Crippen LogP contribution < -0.4 is 5.32 Å². The number of halogens is 3. The van der Waals surface area contributed by atoms with Crippen LogP contribution in [0.1, 0.15) is 36.1 Å². The van der Waals surface area contributed by atoms with E-state index in [0.717, 1.165) is 34.1 Å². The van der Waals surface area contributed by atoms with Crippen molar-refractivity contribution in [2.45, 2.75) is 26.3 Å². The van der Waals surface area contributed by atoms with Crippen LogP contribution in [0.25, 0.3) is 0 Å². The Morgan fingerprint density at radius 1 is 1.29 bits per heavy atom. The van der Waals surface area contributed by atoms with Gasteiger partial charge in [-0.05, 0) is 70.7 Å². The molecule has 0 amide bonds. The van der Waals surface area contributed by atoms with E-state index < -0.39 is 0 Å². The third-order valence-corrected chi connectivity index (χ3v) is 4.60. The highest BCUT2D eigenvalue weighted by Gasteiger charge is 2.18. The maximum Gasteiger partial charge on any atom is 0.123 e. The summed E-state index contributed by atoms with van der Waals surface area (Å²) in [7, 11) is 0. The van der Waals surface area contributed by atoms with Crippen molar-refractivity contribution in [1.29, 1.82) is 0 Å². The summed E-state index contributed by atoms with van der Waals surface area (Å²) in [5, 5.41) is 4.11. The average molecular weight is 371 g/mol. The Hall–Kier alpha value is -0.900. The Kier molecular flexibility index (Phi) is 5.80. The summed E-state index contributed by atoms with van der Waals surface area (Å²) >= 11 is 9.87. The van der Waals surface area contributed by atoms with Crippen LogP contribution in [0.2, 0.25) is 5.02 Å². The fourth-order valence-electron chi connectivity index (χ4n) is 2.37. The SMILES string of the molecule is CCCNC(c1cc(C)cc(F)c1)c1cccc(Br)c1Cl. The largest absolute Gasteiger partial charge is 0.306 e. The van der Waals surface area contributed by atoms with Gasteiger partial charge in [-0.1, -0.05) is 36.7 Å². The molecule has 0 aliphatic rings. The lowest BCUT2D eigenvalue weighted by molar-refractivity contribution is 0.584. The molecule has 0 aliphatic heterocycles. The summed E-state index contributed by atoms with van der Waals surface area (Å²) in [6.07, 6.45) is 0.996. The monoisotopic (exact) mass is 369 g/mol. The molecule has 1 nitrogen and oxygen atoms in total. The minimum atomic E-state index is -0.223. The van der Waals surface area contributed by atoms with Crippen molar-refractivity contribution in [1.82, 2.24) is 5.32 Å². The van der Waals surface area contributed by atoms with Crippen LogP contribution in [0.4, 0.5) is 4.39 Å². The molecule has 0 bridgehead atoms. The van der Waals surface area contributed by atoms with E-state index in [0.29, 0.717) is 5.02 Å². The van der Waals surface area contributed by atoms with Gasteiger partial charge >= 0.3 is 0 Å². The number of rotatable bonds is 5. The second kappa shape index (κ2) is 7.39. The Morgan fingerprint density at radius 3 is 2.71 bits per heavy atom. The van der Waals surface area contributed by atoms with E-state index in [9.17, 15) is 4.39 Å². The number of aryl methyl sites for hydroxylation is 1. The summed E-state index contributed by atoms with van der Waals surface area (Å²) in [6, 6.07) is 10.8. The molecule has 0 spiro atoms. The molecule has 0 heterocycles. The van der Waals surface area contributed by atoms with Gasteiger partial charge in [0.25, 0.3) is 0 Å². The number of hydrogen-bond donors (Lipinski definition) is 1. The predicted molar refractivity (Wildman–Crippen MR) is 90.4 cm³/mol. The highest BCUT2D eigenvalue weighted by Crippen LogP contribution is 2.33. The molecule has 0 radical (unpaired) electrons. The topological polar surface area (TPSA) is 12.0 Å². The van der Waals surface area contributed by atoms with Crippen LogP contribution in [-0.2, 0) is 0 Å². The molecule has 2 aromatic rings. The van der Waals surface area contributed by atoms with E-state index in [1.54, 1.807) is 6.07 Å². The van der Waals surface area contributed by atoms with E-state index in [4.69, 9.17) is 11.6 Å². The molecule has 2 aromatic carbocycles. The van der Waals surface area contributed by atoms with Gasteiger partial charge in [0, 0.05) is 4.47 Å². The second-order valence-corrected chi connectivity index (χ2v) is 6.32. The Balaban J connectivity index is 2.49. The first-order chi connectivity index (χ1) is 10.0. The summed E-state index contributed by atoms with van der Waals surface area (Å²) in [6.45, 7) is 4.83. The van der Waals surface area contributed by atoms with Crippen molar-refractivity contribution >= 4 is 27.5 Å². The highest BCUT2D eigenvalue weighted by atomic mass is 79.9. The molecular weight excluding hydrogens is 353 g/mol. The third kappa shape index (κ3) is 4.06. The summed E-state index contributed by atoms with van der Waals surface area (Å²) in [5.74, 6) is -0.223. The third-order valence-electron chi connectivity index (χ3n) is 3.29. The lowest BCUT2D eigenvalue weighted by Crippen LogP contribution is -2.23. The molecule has 4 heteroatoms. The zero-order chi connectivity index (χ0) is 15.4. The van der Waals surface area contributed by atoms with Crippen molar-refractivity contribution in [3.8, 4) is 0 Å². The zero-order valence-electron chi connectivity index (χ0n) is 12.1. The van der Waals surface area contributed by atoms with E-state index in [2.05, 4.69) is 28.2 Å². The molecule has 1 atom stereocenters. The van der Waals surface area contributed by atoms with Gasteiger partial charge in [0.05, 0.1) is 11.1 Å². The predicted octanol–water partition coefficient (Wildman–Crippen LogP) is 5.64. The first-order valence-electron chi connectivity index (χ1n) is 6.97. The van der Waals surface area contributed by atoms with Crippen molar-refractivity contribution in [3.05, 3.63) is 68.4 Å². The minimum absolute atomic E-state index is 0.121. The average Bonchev–Trinajstić information content (AvgIpc) is 2.42. The molecule has 0 aliphatic carbocycles. The van der Waals surface area contributed by atoms with Gasteiger partial charge in [-0.25, -0.2) is 4.39 Å². The van der Waals surface area contributed by atoms with Gasteiger partial charge in [-0.15, -0.1) is 0 Å². The lowest BCUT2D eigenvalue weighted by Gasteiger charge is -2.22. The molecule has 0 saturated carbocycles. The van der Waals surface area contributed by atoms with E-state index in [1.807, 2.05) is 31.2 Å². The quantitative estimate of drug-likeness (QED) is 0.718. The normalized spacial score (nSPS) is 12.4. The first-order valence-corrected chi connectivity index (χ1v) is 8.14. The van der Waals surface area contributed by atoms with Crippen LogP contribution in [0.15, 0.2) is 40.9 Å². The van der Waals surface area contributed by atoms with E-state index in [1.165, 1.54) is 6.07 Å². The zero-order valence-corrected chi connectivity index (χ0v) is 14.4. The van der Waals surface area contributed by atoms with Crippen molar-refractivity contribution in [2.75, 3.05) is 6.54 Å². The van der Waals surface area contributed by atoms with Gasteiger partial charge in [-0.2, -0.15) is 0 Å². The molecule has 0 saturated heterocycles. The molecule has 1 N–H and O–H groups in total. The Labute approximate surface area is 138 Å². The maximum absolute atomic E-state index is 13.7. The first kappa shape index (κ1) is 16.5. The van der Waals surface area contributed by atoms with Crippen LogP contribution >= 0.6 is 27.5 Å². The minimum Gasteiger partial charge on any atom is -0.306 e. The molecule has 0 aromatic heterocycles. The number of benzene rings is 2. The Bertz CT molecular complexity index is 610. The van der Waals surface area contributed by atoms with E-state index in [-0.39, 0.29) is 11.9 Å². The molecule has 1 unspecified atom stereocenters. The van der Waals surface area contributed by atoms with Crippen LogP contribution in [-0.4, -0.2) is 6.54 Å². The van der Waals surface area contributed by atoms with Gasteiger partial charge < -0.3 is 5.32 Å². The van der Waals surface area contributed by atoms with Gasteiger partial charge in [0.15, 0.2) is 0 Å². The van der Waals surface area contributed by atoms with Gasteiger partial charge in [0.2, 0.25) is 0 Å². The van der Waals surface area contributed by atoms with Crippen LogP contribution in [0, 0.1) is 12.7 Å². The van der Waals surface area contributed by atoms with Crippen molar-refractivity contribution in [2.24, 2.45) is 0 Å². The standard InChI is InChI=1S/C17H18BrClFN/c1-3-7-21-17(12-8-11(2)9-13(20)10-12)14-5-4-6-15(18)16(14)19/h4-6,8-10,17,21H,3,7H2,1-2H3. The molecule has 0 fully saturated rings. The molecule has 2 rings (SSSR count). The second-order valence-electron chi connectivity index (χ2n) is 5.09. The van der Waals surface area contributed by atoms with Crippen LogP contribution in [0.3, 0.4) is 0 Å². The van der Waals surface area contributed by atoms with Crippen molar-refractivity contribution < 1.29 is 4.39 Å². The summed E-state index contributed by atoms with van der Waals surface area (Å²) in [5.41, 5.74) is 2.74. The molecule has 112 valence electrons. The highest BCUT2D eigenvalue weighted by molar-refractivity contribution is 9.10. The van der Waals surface area contributed by atoms with Gasteiger partial charge in [-0.3, -0.25) is 0 Å². The fourth-order valence-corrected chi connectivity index (χ4v) is 2.99. The van der Waals surface area contributed by atoms with Crippen LogP contribution in [0.5, 0.6) is 0 Å². The summed E-state index contributed by atoms with van der Waals surface area (Å²) < 4.78 is 14.6. The lowest BCUT2D eigenvalue weighted by atomic mass is 9.97. The summed E-state index contributed by atoms with van der Waals surface area (Å²) in [4.78, 5) is 0. The van der Waals surface area contributed by atoms with Crippen molar-refractivity contribution in [3.63, 3.8) is 0 Å². The number of nitrogens with one attached hydrogen (secondary N) is 1. The van der Waals surface area contributed by atoms with Gasteiger partial charge in [0.1, 0.15) is 5.82 Å². The fraction of sp³-hybridized carbons (Fsp3) is 0.294.